The molecule has 22 heavy (non-hydrogen) atoms. The molecular weight excluding hydrogens is 278 g/mol. The smallest absolute Gasteiger partial charge is 0.239 e. The molecule has 0 spiro atoms. The Hall–Kier alpha value is -2.69. The molecule has 0 bridgehead atoms. The number of benzene rings is 2. The number of fused-ring (bicyclic) bond motifs is 2. The minimum absolute atomic E-state index is 0.0456. The molecule has 0 saturated heterocycles. The molecule has 5 heteroatoms. The van der Waals surface area contributed by atoms with Crippen molar-refractivity contribution >= 4 is 22.5 Å². The van der Waals surface area contributed by atoms with Crippen molar-refractivity contribution in [2.75, 3.05) is 31.0 Å². The minimum Gasteiger partial charge on any atom is -0.497 e. The summed E-state index contributed by atoms with van der Waals surface area (Å²) in [5.74, 6) is 1.45. The minimum atomic E-state index is -0.0456. The zero-order valence-corrected chi connectivity index (χ0v) is 12.8. The summed E-state index contributed by atoms with van der Waals surface area (Å²) in [5.41, 5.74) is 3.94. The van der Waals surface area contributed by atoms with E-state index in [9.17, 15) is 0 Å². The Labute approximate surface area is 128 Å². The van der Waals surface area contributed by atoms with Gasteiger partial charge in [0.25, 0.3) is 0 Å². The molecule has 0 fully saturated rings. The van der Waals surface area contributed by atoms with Crippen LogP contribution in [0.4, 0.5) is 11.4 Å². The molecule has 112 valence electrons. The van der Waals surface area contributed by atoms with Crippen molar-refractivity contribution in [3.05, 3.63) is 48.4 Å². The Morgan fingerprint density at radius 3 is 2.36 bits per heavy atom. The van der Waals surface area contributed by atoms with Crippen LogP contribution in [0.15, 0.2) is 46.9 Å². The second-order valence-corrected chi connectivity index (χ2v) is 5.47. The Kier molecular flexibility index (Phi) is 2.76. The fourth-order valence-electron chi connectivity index (χ4n) is 3.08. The van der Waals surface area contributed by atoms with Gasteiger partial charge in [0, 0.05) is 20.2 Å². The van der Waals surface area contributed by atoms with Crippen LogP contribution in [-0.4, -0.2) is 26.2 Å². The van der Waals surface area contributed by atoms with Crippen molar-refractivity contribution in [1.29, 1.82) is 0 Å². The second-order valence-electron chi connectivity index (χ2n) is 5.47. The van der Waals surface area contributed by atoms with Gasteiger partial charge in [-0.1, -0.05) is 12.1 Å². The molecule has 1 aliphatic heterocycles. The molecule has 0 radical (unpaired) electrons. The van der Waals surface area contributed by atoms with E-state index in [-0.39, 0.29) is 6.17 Å². The van der Waals surface area contributed by atoms with E-state index in [4.69, 9.17) is 9.15 Å². The van der Waals surface area contributed by atoms with Crippen molar-refractivity contribution in [1.82, 2.24) is 4.98 Å². The van der Waals surface area contributed by atoms with Gasteiger partial charge in [-0.25, -0.2) is 4.98 Å². The molecule has 5 nitrogen and oxygen atoms in total. The van der Waals surface area contributed by atoms with Gasteiger partial charge in [0.1, 0.15) is 11.3 Å². The first-order valence-electron chi connectivity index (χ1n) is 7.18. The Morgan fingerprint density at radius 1 is 1.05 bits per heavy atom. The van der Waals surface area contributed by atoms with Crippen molar-refractivity contribution in [2.45, 2.75) is 6.17 Å². The first-order valence-corrected chi connectivity index (χ1v) is 7.18. The third kappa shape index (κ3) is 1.75. The van der Waals surface area contributed by atoms with Gasteiger partial charge in [-0.3, -0.25) is 0 Å². The Morgan fingerprint density at radius 2 is 1.73 bits per heavy atom. The highest BCUT2D eigenvalue weighted by Gasteiger charge is 2.35. The van der Waals surface area contributed by atoms with Crippen LogP contribution in [0.25, 0.3) is 11.1 Å². The molecule has 1 aromatic heterocycles. The second kappa shape index (κ2) is 4.66. The number of hydrogen-bond donors (Lipinski definition) is 0. The quantitative estimate of drug-likeness (QED) is 0.724. The molecule has 0 N–H and O–H groups in total. The van der Waals surface area contributed by atoms with Crippen LogP contribution in [0.2, 0.25) is 0 Å². The number of methoxy groups -OCH3 is 1. The molecule has 0 unspecified atom stereocenters. The molecule has 4 rings (SSSR count). The zero-order chi connectivity index (χ0) is 15.3. The number of anilines is 2. The lowest BCUT2D eigenvalue weighted by Gasteiger charge is -2.24. The number of rotatable bonds is 2. The lowest BCUT2D eigenvalue weighted by molar-refractivity contribution is 0.413. The van der Waals surface area contributed by atoms with E-state index in [1.165, 1.54) is 11.4 Å². The standard InChI is InChI=1S/C17H17N3O2/c1-19-13-6-4-5-7-14(13)20(2)17(19)16-18-12-9-8-11(21-3)10-15(12)22-16/h4-10,17H,1-3H3. The summed E-state index contributed by atoms with van der Waals surface area (Å²) in [7, 11) is 5.76. The van der Waals surface area contributed by atoms with E-state index < -0.39 is 0 Å². The van der Waals surface area contributed by atoms with Crippen molar-refractivity contribution in [2.24, 2.45) is 0 Å². The zero-order valence-electron chi connectivity index (χ0n) is 12.8. The molecule has 1 aliphatic rings. The number of aromatic nitrogens is 1. The maximum atomic E-state index is 5.99. The van der Waals surface area contributed by atoms with Crippen LogP contribution in [0, 0.1) is 0 Å². The van der Waals surface area contributed by atoms with Gasteiger partial charge in [0.05, 0.1) is 18.5 Å². The van der Waals surface area contributed by atoms with Crippen molar-refractivity contribution < 1.29 is 9.15 Å². The molecular formula is C17H17N3O2. The number of ether oxygens (including phenoxy) is 1. The topological polar surface area (TPSA) is 41.7 Å². The van der Waals surface area contributed by atoms with Gasteiger partial charge >= 0.3 is 0 Å². The Balaban J connectivity index is 1.79. The van der Waals surface area contributed by atoms with Crippen molar-refractivity contribution in [3.63, 3.8) is 0 Å². The molecule has 2 heterocycles. The SMILES string of the molecule is COc1ccc2nc(C3N(C)c4ccccc4N3C)oc2c1. The van der Waals surface area contributed by atoms with Gasteiger partial charge in [-0.15, -0.1) is 0 Å². The summed E-state index contributed by atoms with van der Waals surface area (Å²) in [6.45, 7) is 0. The van der Waals surface area contributed by atoms with E-state index in [1.54, 1.807) is 7.11 Å². The summed E-state index contributed by atoms with van der Waals surface area (Å²) < 4.78 is 11.2. The maximum absolute atomic E-state index is 5.99. The fraction of sp³-hybridized carbons (Fsp3) is 0.235. The molecule has 0 saturated carbocycles. The van der Waals surface area contributed by atoms with Crippen LogP contribution < -0.4 is 14.5 Å². The van der Waals surface area contributed by atoms with Crippen LogP contribution in [0.5, 0.6) is 5.75 Å². The highest BCUT2D eigenvalue weighted by Crippen LogP contribution is 2.44. The van der Waals surface area contributed by atoms with Gasteiger partial charge < -0.3 is 19.0 Å². The highest BCUT2D eigenvalue weighted by molar-refractivity contribution is 5.78. The number of hydrogen-bond acceptors (Lipinski definition) is 5. The van der Waals surface area contributed by atoms with E-state index in [0.29, 0.717) is 5.89 Å². The monoisotopic (exact) mass is 295 g/mol. The van der Waals surface area contributed by atoms with Crippen molar-refractivity contribution in [3.8, 4) is 5.75 Å². The van der Waals surface area contributed by atoms with Gasteiger partial charge in [-0.05, 0) is 24.3 Å². The summed E-state index contributed by atoms with van der Waals surface area (Å²) in [5, 5.41) is 0. The molecule has 2 aromatic carbocycles. The molecule has 0 amide bonds. The first-order chi connectivity index (χ1) is 10.7. The summed E-state index contributed by atoms with van der Waals surface area (Å²) >= 11 is 0. The van der Waals surface area contributed by atoms with Gasteiger partial charge in [-0.2, -0.15) is 0 Å². The average Bonchev–Trinajstić information content (AvgIpc) is 3.06. The van der Waals surface area contributed by atoms with Crippen LogP contribution in [0.3, 0.4) is 0 Å². The number of para-hydroxylation sites is 2. The molecule has 0 aliphatic carbocycles. The normalized spacial score (nSPS) is 14.7. The molecule has 0 atom stereocenters. The predicted molar refractivity (Wildman–Crippen MR) is 86.6 cm³/mol. The third-order valence-corrected chi connectivity index (χ3v) is 4.21. The summed E-state index contributed by atoms with van der Waals surface area (Å²) in [6, 6.07) is 14.0. The first kappa shape index (κ1) is 13.0. The molecule has 3 aromatic rings. The number of nitrogens with zero attached hydrogens (tertiary/aromatic N) is 3. The van der Waals surface area contributed by atoms with Crippen LogP contribution in [0.1, 0.15) is 12.1 Å². The van der Waals surface area contributed by atoms with Gasteiger partial charge in [0.15, 0.2) is 11.7 Å². The third-order valence-electron chi connectivity index (χ3n) is 4.21. The predicted octanol–water partition coefficient (Wildman–Crippen LogP) is 3.42. The van der Waals surface area contributed by atoms with Gasteiger partial charge in [0.2, 0.25) is 5.89 Å². The van der Waals surface area contributed by atoms with Crippen LogP contribution >= 0.6 is 0 Å². The highest BCUT2D eigenvalue weighted by atomic mass is 16.5. The van der Waals surface area contributed by atoms with E-state index >= 15 is 0 Å². The lowest BCUT2D eigenvalue weighted by Crippen LogP contribution is -2.30. The maximum Gasteiger partial charge on any atom is 0.239 e. The van der Waals surface area contributed by atoms with Crippen LogP contribution in [-0.2, 0) is 0 Å². The summed E-state index contributed by atoms with van der Waals surface area (Å²) in [6.07, 6.45) is -0.0456. The largest absolute Gasteiger partial charge is 0.497 e. The summed E-state index contributed by atoms with van der Waals surface area (Å²) in [4.78, 5) is 9.00. The fourth-order valence-corrected chi connectivity index (χ4v) is 3.08. The average molecular weight is 295 g/mol. The Bertz CT molecular complexity index is 814. The van der Waals surface area contributed by atoms with E-state index in [1.807, 2.05) is 30.3 Å². The van der Waals surface area contributed by atoms with E-state index in [2.05, 4.69) is 41.0 Å². The number of oxazole rings is 1. The van der Waals surface area contributed by atoms with E-state index in [0.717, 1.165) is 16.8 Å². The lowest BCUT2D eigenvalue weighted by atomic mass is 10.3.